The number of imidazole rings is 1. The highest BCUT2D eigenvalue weighted by atomic mass is 16.2. The van der Waals surface area contributed by atoms with E-state index in [1.807, 2.05) is 39.8 Å². The zero-order valence-corrected chi connectivity index (χ0v) is 11.3. The first-order valence-electron chi connectivity index (χ1n) is 6.88. The van der Waals surface area contributed by atoms with E-state index in [4.69, 9.17) is 5.73 Å². The minimum absolute atomic E-state index is 0.00139. The van der Waals surface area contributed by atoms with Gasteiger partial charge >= 0.3 is 0 Å². The predicted octanol–water partition coefficient (Wildman–Crippen LogP) is 1.44. The van der Waals surface area contributed by atoms with Crippen LogP contribution in [0.15, 0.2) is 42.9 Å². The number of piperidine rings is 1. The fraction of sp³-hybridized carbons (Fsp3) is 0.333. The average molecular weight is 270 g/mol. The number of likely N-dealkylation sites (tertiary alicyclic amines) is 1. The molecular formula is C15H18N4O. The second-order valence-electron chi connectivity index (χ2n) is 5.14. The summed E-state index contributed by atoms with van der Waals surface area (Å²) in [5, 5.41) is 0. The number of nitrogens with zero attached hydrogens (tertiary/aromatic N) is 3. The summed E-state index contributed by atoms with van der Waals surface area (Å²) in [5.41, 5.74) is 7.48. The van der Waals surface area contributed by atoms with Crippen LogP contribution in [-0.2, 0) is 0 Å². The number of para-hydroxylation sites is 1. The van der Waals surface area contributed by atoms with Crippen molar-refractivity contribution in [3.63, 3.8) is 0 Å². The first-order valence-corrected chi connectivity index (χ1v) is 6.88. The first kappa shape index (κ1) is 12.9. The van der Waals surface area contributed by atoms with Crippen molar-refractivity contribution in [3.05, 3.63) is 48.5 Å². The Morgan fingerprint density at radius 3 is 2.85 bits per heavy atom. The third kappa shape index (κ3) is 2.44. The van der Waals surface area contributed by atoms with Crippen molar-refractivity contribution in [2.45, 2.75) is 18.9 Å². The van der Waals surface area contributed by atoms with E-state index in [-0.39, 0.29) is 11.9 Å². The van der Waals surface area contributed by atoms with Crippen LogP contribution >= 0.6 is 0 Å². The lowest BCUT2D eigenvalue weighted by Crippen LogP contribution is -2.46. The van der Waals surface area contributed by atoms with Crippen molar-refractivity contribution in [1.82, 2.24) is 14.5 Å². The van der Waals surface area contributed by atoms with Gasteiger partial charge in [0.15, 0.2) is 0 Å². The van der Waals surface area contributed by atoms with Gasteiger partial charge in [-0.05, 0) is 25.0 Å². The van der Waals surface area contributed by atoms with Gasteiger partial charge in [0.25, 0.3) is 5.91 Å². The van der Waals surface area contributed by atoms with Crippen LogP contribution in [0.4, 0.5) is 0 Å². The molecule has 104 valence electrons. The molecule has 20 heavy (non-hydrogen) atoms. The number of carbonyl (C=O) groups excluding carboxylic acids is 1. The molecule has 1 fully saturated rings. The van der Waals surface area contributed by atoms with Gasteiger partial charge in [-0.2, -0.15) is 0 Å². The molecule has 0 radical (unpaired) electrons. The summed E-state index contributed by atoms with van der Waals surface area (Å²) in [6.45, 7) is 1.39. The Balaban J connectivity index is 1.88. The second kappa shape index (κ2) is 5.46. The van der Waals surface area contributed by atoms with E-state index >= 15 is 0 Å². The zero-order chi connectivity index (χ0) is 13.9. The standard InChI is InChI=1S/C15H18N4O/c16-12-5-4-8-18(10-12)15(20)14-9-17-11-19(14)13-6-2-1-3-7-13/h1-3,6-7,9,11-12H,4-5,8,10,16H2. The molecule has 1 aromatic carbocycles. The third-order valence-electron chi connectivity index (χ3n) is 3.64. The van der Waals surface area contributed by atoms with E-state index in [9.17, 15) is 4.79 Å². The highest BCUT2D eigenvalue weighted by Crippen LogP contribution is 2.16. The Hall–Kier alpha value is -2.14. The molecule has 1 amide bonds. The van der Waals surface area contributed by atoms with E-state index in [2.05, 4.69) is 4.98 Å². The first-order chi connectivity index (χ1) is 9.75. The molecule has 2 N–H and O–H groups in total. The molecular weight excluding hydrogens is 252 g/mol. The van der Waals surface area contributed by atoms with Gasteiger partial charge in [0.1, 0.15) is 5.69 Å². The van der Waals surface area contributed by atoms with Gasteiger partial charge in [-0.3, -0.25) is 9.36 Å². The molecule has 2 aromatic rings. The monoisotopic (exact) mass is 270 g/mol. The highest BCUT2D eigenvalue weighted by molar-refractivity contribution is 5.93. The van der Waals surface area contributed by atoms with Crippen LogP contribution in [0.5, 0.6) is 0 Å². The molecule has 5 nitrogen and oxygen atoms in total. The number of benzene rings is 1. The fourth-order valence-corrected chi connectivity index (χ4v) is 2.60. The highest BCUT2D eigenvalue weighted by Gasteiger charge is 2.24. The summed E-state index contributed by atoms with van der Waals surface area (Å²) in [6.07, 6.45) is 5.25. The van der Waals surface area contributed by atoms with Crippen LogP contribution in [-0.4, -0.2) is 39.5 Å². The molecule has 3 rings (SSSR count). The van der Waals surface area contributed by atoms with Gasteiger partial charge in [0, 0.05) is 24.8 Å². The maximum atomic E-state index is 12.6. The molecule has 0 aliphatic carbocycles. The molecule has 1 atom stereocenters. The summed E-state index contributed by atoms with van der Waals surface area (Å²) >= 11 is 0. The van der Waals surface area contributed by atoms with E-state index in [1.54, 1.807) is 12.5 Å². The maximum Gasteiger partial charge on any atom is 0.272 e. The topological polar surface area (TPSA) is 64.2 Å². The number of hydrogen-bond donors (Lipinski definition) is 1. The molecule has 5 heteroatoms. The van der Waals surface area contributed by atoms with Crippen molar-refractivity contribution in [1.29, 1.82) is 0 Å². The molecule has 1 aliphatic rings. The van der Waals surface area contributed by atoms with Crippen molar-refractivity contribution >= 4 is 5.91 Å². The average Bonchev–Trinajstić information content (AvgIpc) is 2.97. The summed E-state index contributed by atoms with van der Waals surface area (Å²) in [6, 6.07) is 9.84. The fourth-order valence-electron chi connectivity index (χ4n) is 2.60. The molecule has 1 aromatic heterocycles. The molecule has 1 aliphatic heterocycles. The molecule has 0 saturated carbocycles. The van der Waals surface area contributed by atoms with Crippen molar-refractivity contribution in [2.24, 2.45) is 5.73 Å². The van der Waals surface area contributed by atoms with E-state index in [0.29, 0.717) is 12.2 Å². The Morgan fingerprint density at radius 2 is 2.10 bits per heavy atom. The van der Waals surface area contributed by atoms with Crippen molar-refractivity contribution in [3.8, 4) is 5.69 Å². The normalized spacial score (nSPS) is 19.1. The molecule has 0 spiro atoms. The van der Waals surface area contributed by atoms with Crippen LogP contribution in [0.2, 0.25) is 0 Å². The maximum absolute atomic E-state index is 12.6. The van der Waals surface area contributed by atoms with Crippen LogP contribution in [0.1, 0.15) is 23.3 Å². The number of rotatable bonds is 2. The summed E-state index contributed by atoms with van der Waals surface area (Å²) in [4.78, 5) is 18.6. The number of carbonyl (C=O) groups is 1. The zero-order valence-electron chi connectivity index (χ0n) is 11.3. The minimum atomic E-state index is 0.00139. The Morgan fingerprint density at radius 1 is 1.30 bits per heavy atom. The van der Waals surface area contributed by atoms with E-state index < -0.39 is 0 Å². The summed E-state index contributed by atoms with van der Waals surface area (Å²) in [5.74, 6) is 0.00139. The number of amides is 1. The van der Waals surface area contributed by atoms with E-state index in [0.717, 1.165) is 25.1 Å². The van der Waals surface area contributed by atoms with Crippen LogP contribution in [0.25, 0.3) is 5.69 Å². The smallest absolute Gasteiger partial charge is 0.272 e. The molecule has 0 bridgehead atoms. The Kier molecular flexibility index (Phi) is 3.52. The minimum Gasteiger partial charge on any atom is -0.336 e. The van der Waals surface area contributed by atoms with Gasteiger partial charge in [0.2, 0.25) is 0 Å². The van der Waals surface area contributed by atoms with Gasteiger partial charge in [0.05, 0.1) is 12.5 Å². The van der Waals surface area contributed by atoms with Crippen LogP contribution in [0.3, 0.4) is 0 Å². The molecule has 1 saturated heterocycles. The van der Waals surface area contributed by atoms with Crippen LogP contribution < -0.4 is 5.73 Å². The van der Waals surface area contributed by atoms with Gasteiger partial charge < -0.3 is 10.6 Å². The second-order valence-corrected chi connectivity index (χ2v) is 5.14. The van der Waals surface area contributed by atoms with Gasteiger partial charge in [-0.1, -0.05) is 18.2 Å². The summed E-state index contributed by atoms with van der Waals surface area (Å²) < 4.78 is 1.82. The number of nitrogens with two attached hydrogens (primary N) is 1. The third-order valence-corrected chi connectivity index (χ3v) is 3.64. The molecule has 2 heterocycles. The molecule has 1 unspecified atom stereocenters. The Labute approximate surface area is 118 Å². The number of aromatic nitrogens is 2. The van der Waals surface area contributed by atoms with E-state index in [1.165, 1.54) is 0 Å². The van der Waals surface area contributed by atoms with Gasteiger partial charge in [-0.15, -0.1) is 0 Å². The largest absolute Gasteiger partial charge is 0.336 e. The quantitative estimate of drug-likeness (QED) is 0.898. The number of hydrogen-bond acceptors (Lipinski definition) is 3. The van der Waals surface area contributed by atoms with Gasteiger partial charge in [-0.25, -0.2) is 4.98 Å². The SMILES string of the molecule is NC1CCCN(C(=O)c2cncn2-c2ccccc2)C1. The lowest BCUT2D eigenvalue weighted by atomic mass is 10.1. The lowest BCUT2D eigenvalue weighted by Gasteiger charge is -2.30. The van der Waals surface area contributed by atoms with Crippen LogP contribution in [0, 0.1) is 0 Å². The van der Waals surface area contributed by atoms with Crippen molar-refractivity contribution < 1.29 is 4.79 Å². The Bertz CT molecular complexity index is 593. The van der Waals surface area contributed by atoms with Crippen molar-refractivity contribution in [2.75, 3.05) is 13.1 Å². The lowest BCUT2D eigenvalue weighted by molar-refractivity contribution is 0.0700. The predicted molar refractivity (Wildman–Crippen MR) is 76.7 cm³/mol. The summed E-state index contributed by atoms with van der Waals surface area (Å²) in [7, 11) is 0.